The summed E-state index contributed by atoms with van der Waals surface area (Å²) >= 11 is 1.60. The van der Waals surface area contributed by atoms with Gasteiger partial charge in [0.2, 0.25) is 5.91 Å². The first-order valence-corrected chi connectivity index (χ1v) is 5.64. The predicted octanol–water partition coefficient (Wildman–Crippen LogP) is 0.721. The van der Waals surface area contributed by atoms with Gasteiger partial charge in [0.05, 0.1) is 5.75 Å². The number of carbonyl (C=O) groups excluding carboxylic acids is 1. The fraction of sp³-hybridized carbons (Fsp3) is 0.889. The molecule has 13 heavy (non-hydrogen) atoms. The molecule has 0 heterocycles. The molecule has 1 rings (SSSR count). The van der Waals surface area contributed by atoms with E-state index in [1.807, 2.05) is 0 Å². The monoisotopic (exact) mass is 202 g/mol. The van der Waals surface area contributed by atoms with Crippen molar-refractivity contribution in [3.8, 4) is 0 Å². The van der Waals surface area contributed by atoms with Gasteiger partial charge in [-0.2, -0.15) is 0 Å². The highest BCUT2D eigenvalue weighted by atomic mass is 32.2. The van der Waals surface area contributed by atoms with Gasteiger partial charge in [0, 0.05) is 11.3 Å². The third-order valence-electron chi connectivity index (χ3n) is 2.82. The minimum Gasteiger partial charge on any atom is -0.369 e. The average Bonchev–Trinajstić information content (AvgIpc) is 2.25. The van der Waals surface area contributed by atoms with Crippen LogP contribution in [0.2, 0.25) is 0 Å². The lowest BCUT2D eigenvalue weighted by Crippen LogP contribution is -2.38. The molecule has 1 aliphatic rings. The number of hydrogen-bond donors (Lipinski definition) is 2. The molecule has 0 bridgehead atoms. The van der Waals surface area contributed by atoms with Crippen molar-refractivity contribution in [2.75, 3.05) is 5.75 Å². The molecule has 3 nitrogen and oxygen atoms in total. The van der Waals surface area contributed by atoms with E-state index >= 15 is 0 Å². The Morgan fingerprint density at radius 1 is 1.62 bits per heavy atom. The van der Waals surface area contributed by atoms with Crippen molar-refractivity contribution in [1.29, 1.82) is 0 Å². The van der Waals surface area contributed by atoms with Crippen LogP contribution in [-0.2, 0) is 4.79 Å². The van der Waals surface area contributed by atoms with E-state index in [0.717, 1.165) is 12.8 Å². The van der Waals surface area contributed by atoms with Crippen LogP contribution in [0.1, 0.15) is 26.7 Å². The van der Waals surface area contributed by atoms with Crippen molar-refractivity contribution < 1.29 is 4.79 Å². The molecule has 0 aromatic rings. The third-order valence-corrected chi connectivity index (χ3v) is 4.22. The number of amides is 1. The summed E-state index contributed by atoms with van der Waals surface area (Å²) in [6.45, 7) is 4.37. The molecule has 1 aliphatic carbocycles. The van der Waals surface area contributed by atoms with Gasteiger partial charge in [0.15, 0.2) is 0 Å². The summed E-state index contributed by atoms with van der Waals surface area (Å²) in [5, 5.41) is 0.405. The Morgan fingerprint density at radius 3 is 2.62 bits per heavy atom. The molecule has 0 aromatic carbocycles. The predicted molar refractivity (Wildman–Crippen MR) is 56.4 cm³/mol. The highest BCUT2D eigenvalue weighted by Crippen LogP contribution is 2.41. The summed E-state index contributed by atoms with van der Waals surface area (Å²) in [6, 6.07) is 0.192. The summed E-state index contributed by atoms with van der Waals surface area (Å²) in [6.07, 6.45) is 2.25. The van der Waals surface area contributed by atoms with Crippen molar-refractivity contribution in [3.63, 3.8) is 0 Å². The molecule has 4 N–H and O–H groups in total. The normalized spacial score (nSPS) is 31.9. The minimum absolute atomic E-state index is 0.192. The first kappa shape index (κ1) is 10.9. The maximum Gasteiger partial charge on any atom is 0.227 e. The van der Waals surface area contributed by atoms with E-state index in [4.69, 9.17) is 11.5 Å². The van der Waals surface area contributed by atoms with E-state index in [-0.39, 0.29) is 17.4 Å². The van der Waals surface area contributed by atoms with Gasteiger partial charge in [0.25, 0.3) is 0 Å². The molecule has 0 spiro atoms. The molecule has 0 radical (unpaired) electrons. The largest absolute Gasteiger partial charge is 0.369 e. The van der Waals surface area contributed by atoms with Crippen LogP contribution < -0.4 is 11.5 Å². The standard InChI is InChI=1S/C9H18N2OS/c1-9(2)4-3-6(8(9)11)13-5-7(10)12/h6,8H,3-5,11H2,1-2H3,(H2,10,12). The van der Waals surface area contributed by atoms with Crippen molar-refractivity contribution >= 4 is 17.7 Å². The number of rotatable bonds is 3. The van der Waals surface area contributed by atoms with Gasteiger partial charge in [-0.3, -0.25) is 4.79 Å². The molecular weight excluding hydrogens is 184 g/mol. The summed E-state index contributed by atoms with van der Waals surface area (Å²) < 4.78 is 0. The highest BCUT2D eigenvalue weighted by Gasteiger charge is 2.39. The lowest BCUT2D eigenvalue weighted by atomic mass is 9.88. The van der Waals surface area contributed by atoms with E-state index in [0.29, 0.717) is 11.0 Å². The Bertz CT molecular complexity index is 206. The Balaban J connectivity index is 2.42. The molecule has 0 saturated heterocycles. The zero-order valence-electron chi connectivity index (χ0n) is 8.25. The molecule has 0 aromatic heterocycles. The van der Waals surface area contributed by atoms with E-state index in [1.165, 1.54) is 0 Å². The van der Waals surface area contributed by atoms with Crippen LogP contribution in [0.15, 0.2) is 0 Å². The number of primary amides is 1. The van der Waals surface area contributed by atoms with E-state index in [9.17, 15) is 4.79 Å². The summed E-state index contributed by atoms with van der Waals surface area (Å²) in [5.74, 6) is 0.149. The highest BCUT2D eigenvalue weighted by molar-refractivity contribution is 8.00. The van der Waals surface area contributed by atoms with E-state index in [2.05, 4.69) is 13.8 Å². The van der Waals surface area contributed by atoms with Gasteiger partial charge in [-0.15, -0.1) is 11.8 Å². The second-order valence-corrected chi connectivity index (χ2v) is 5.60. The van der Waals surface area contributed by atoms with Gasteiger partial charge < -0.3 is 11.5 Å². The number of hydrogen-bond acceptors (Lipinski definition) is 3. The maximum atomic E-state index is 10.6. The van der Waals surface area contributed by atoms with Crippen LogP contribution in [0.4, 0.5) is 0 Å². The van der Waals surface area contributed by atoms with Crippen molar-refractivity contribution in [2.45, 2.75) is 38.0 Å². The molecular formula is C9H18N2OS. The minimum atomic E-state index is -0.248. The molecule has 0 aliphatic heterocycles. The van der Waals surface area contributed by atoms with E-state index < -0.39 is 0 Å². The van der Waals surface area contributed by atoms with Crippen LogP contribution in [0.25, 0.3) is 0 Å². The Hall–Kier alpha value is -0.220. The first-order chi connectivity index (χ1) is 5.93. The summed E-state index contributed by atoms with van der Waals surface area (Å²) in [7, 11) is 0. The molecule has 4 heteroatoms. The van der Waals surface area contributed by atoms with Crippen LogP contribution in [-0.4, -0.2) is 23.0 Å². The molecule has 76 valence electrons. The second kappa shape index (κ2) is 3.88. The van der Waals surface area contributed by atoms with Crippen LogP contribution >= 0.6 is 11.8 Å². The molecule has 2 atom stereocenters. The zero-order chi connectivity index (χ0) is 10.1. The Labute approximate surface area is 83.6 Å². The lowest BCUT2D eigenvalue weighted by Gasteiger charge is -2.26. The molecule has 1 saturated carbocycles. The van der Waals surface area contributed by atoms with Gasteiger partial charge in [-0.05, 0) is 18.3 Å². The summed E-state index contributed by atoms with van der Waals surface area (Å²) in [5.41, 5.74) is 11.4. The molecule has 1 fully saturated rings. The van der Waals surface area contributed by atoms with Gasteiger partial charge in [0.1, 0.15) is 0 Å². The Morgan fingerprint density at radius 2 is 2.23 bits per heavy atom. The average molecular weight is 202 g/mol. The summed E-state index contributed by atoms with van der Waals surface area (Å²) in [4.78, 5) is 10.6. The van der Waals surface area contributed by atoms with Crippen molar-refractivity contribution in [2.24, 2.45) is 16.9 Å². The Kier molecular flexibility index (Phi) is 3.24. The van der Waals surface area contributed by atoms with Crippen molar-refractivity contribution in [3.05, 3.63) is 0 Å². The van der Waals surface area contributed by atoms with Gasteiger partial charge in [-0.25, -0.2) is 0 Å². The van der Waals surface area contributed by atoms with Crippen LogP contribution in [0.3, 0.4) is 0 Å². The van der Waals surface area contributed by atoms with Crippen LogP contribution in [0, 0.1) is 5.41 Å². The topological polar surface area (TPSA) is 69.1 Å². The fourth-order valence-electron chi connectivity index (χ4n) is 1.74. The van der Waals surface area contributed by atoms with Gasteiger partial charge >= 0.3 is 0 Å². The number of carbonyl (C=O) groups is 1. The molecule has 1 amide bonds. The third kappa shape index (κ3) is 2.61. The molecule has 2 unspecified atom stereocenters. The number of thioether (sulfide) groups is 1. The fourth-order valence-corrected chi connectivity index (χ4v) is 2.98. The SMILES string of the molecule is CC1(C)CCC(SCC(N)=O)C1N. The first-order valence-electron chi connectivity index (χ1n) is 4.59. The maximum absolute atomic E-state index is 10.6. The second-order valence-electron chi connectivity index (χ2n) is 4.37. The van der Waals surface area contributed by atoms with Gasteiger partial charge in [-0.1, -0.05) is 13.8 Å². The lowest BCUT2D eigenvalue weighted by molar-refractivity contribution is -0.115. The smallest absolute Gasteiger partial charge is 0.227 e. The quantitative estimate of drug-likeness (QED) is 0.708. The van der Waals surface area contributed by atoms with Crippen molar-refractivity contribution in [1.82, 2.24) is 0 Å². The van der Waals surface area contributed by atoms with Crippen LogP contribution in [0.5, 0.6) is 0 Å². The van der Waals surface area contributed by atoms with E-state index in [1.54, 1.807) is 11.8 Å². The number of nitrogens with two attached hydrogens (primary N) is 2. The zero-order valence-corrected chi connectivity index (χ0v) is 9.06.